The van der Waals surface area contributed by atoms with Gasteiger partial charge in [0.15, 0.2) is 0 Å². The van der Waals surface area contributed by atoms with Crippen LogP contribution < -0.4 is 0 Å². The number of halogens is 2. The summed E-state index contributed by atoms with van der Waals surface area (Å²) in [5, 5.41) is 1.49. The van der Waals surface area contributed by atoms with Gasteiger partial charge in [-0.15, -0.1) is 0 Å². The van der Waals surface area contributed by atoms with Crippen molar-refractivity contribution in [3.8, 4) is 44.5 Å². The Morgan fingerprint density at radius 1 is 0.281 bits per heavy atom. The fourth-order valence-electron chi connectivity index (χ4n) is 3.95. The molecule has 0 fully saturated rings. The molecule has 0 heterocycles. The van der Waals surface area contributed by atoms with Crippen LogP contribution in [-0.2, 0) is 0 Å². The predicted molar refractivity (Wildman–Crippen MR) is 138 cm³/mol. The Kier molecular flexibility index (Phi) is 5.81. The van der Waals surface area contributed by atoms with E-state index in [2.05, 4.69) is 84.9 Å². The maximum Gasteiger partial charge on any atom is 0.0412 e. The Bertz CT molecular complexity index is 1280. The Morgan fingerprint density at radius 3 is 0.906 bits per heavy atom. The van der Waals surface area contributed by atoms with Crippen LogP contribution >= 0.6 is 23.2 Å². The van der Waals surface area contributed by atoms with Gasteiger partial charge in [0.2, 0.25) is 0 Å². The zero-order chi connectivity index (χ0) is 21.9. The zero-order valence-electron chi connectivity index (χ0n) is 17.3. The fourth-order valence-corrected chi connectivity index (χ4v) is 4.33. The SMILES string of the molecule is Clc1cccc(-c2cccc(-c3ccc(-c4cccc(-c5cccc(Cl)c5)c4)cc3)c2)c1. The molecule has 5 rings (SSSR count). The normalized spacial score (nSPS) is 10.8. The molecule has 0 amide bonds. The molecule has 0 aromatic heterocycles. The van der Waals surface area contributed by atoms with E-state index < -0.39 is 0 Å². The molecule has 0 N–H and O–H groups in total. The third kappa shape index (κ3) is 4.48. The third-order valence-corrected chi connectivity index (χ3v) is 6.06. The first-order valence-electron chi connectivity index (χ1n) is 10.5. The minimum absolute atomic E-state index is 0.747. The predicted octanol–water partition coefficient (Wildman–Crippen LogP) is 9.66. The van der Waals surface area contributed by atoms with E-state index in [0.29, 0.717) is 0 Å². The standard InChI is InChI=1S/C30H20Cl2/c31-29-11-3-9-27(19-29)25-7-1-5-23(17-25)21-13-15-22(16-14-21)24-6-2-8-26(18-24)28-10-4-12-30(32)20-28/h1-20H. The van der Waals surface area contributed by atoms with Crippen LogP contribution in [-0.4, -0.2) is 0 Å². The molecule has 0 radical (unpaired) electrons. The quantitative estimate of drug-likeness (QED) is 0.255. The van der Waals surface area contributed by atoms with Gasteiger partial charge in [-0.1, -0.05) is 108 Å². The molecule has 154 valence electrons. The minimum Gasteiger partial charge on any atom is -0.0843 e. The van der Waals surface area contributed by atoms with Crippen molar-refractivity contribution in [1.82, 2.24) is 0 Å². The Morgan fingerprint density at radius 2 is 0.562 bits per heavy atom. The maximum absolute atomic E-state index is 6.18. The Balaban J connectivity index is 1.44. The lowest BCUT2D eigenvalue weighted by Gasteiger charge is -2.09. The van der Waals surface area contributed by atoms with Gasteiger partial charge in [0.05, 0.1) is 0 Å². The van der Waals surface area contributed by atoms with E-state index in [1.807, 2.05) is 36.4 Å². The molecule has 0 aliphatic rings. The van der Waals surface area contributed by atoms with Crippen molar-refractivity contribution in [2.75, 3.05) is 0 Å². The molecule has 2 heteroatoms. The van der Waals surface area contributed by atoms with Crippen LogP contribution in [0.1, 0.15) is 0 Å². The second-order valence-electron chi connectivity index (χ2n) is 7.76. The van der Waals surface area contributed by atoms with Gasteiger partial charge < -0.3 is 0 Å². The molecule has 0 saturated carbocycles. The fraction of sp³-hybridized carbons (Fsp3) is 0. The van der Waals surface area contributed by atoms with Gasteiger partial charge in [-0.2, -0.15) is 0 Å². The van der Waals surface area contributed by atoms with Crippen molar-refractivity contribution in [2.45, 2.75) is 0 Å². The van der Waals surface area contributed by atoms with Crippen LogP contribution in [0.4, 0.5) is 0 Å². The van der Waals surface area contributed by atoms with E-state index in [9.17, 15) is 0 Å². The second-order valence-corrected chi connectivity index (χ2v) is 8.63. The molecule has 5 aromatic rings. The highest BCUT2D eigenvalue weighted by molar-refractivity contribution is 6.31. The van der Waals surface area contributed by atoms with Crippen molar-refractivity contribution in [3.63, 3.8) is 0 Å². The lowest BCUT2D eigenvalue weighted by Crippen LogP contribution is -1.84. The summed E-state index contributed by atoms with van der Waals surface area (Å²) in [4.78, 5) is 0. The smallest absolute Gasteiger partial charge is 0.0412 e. The Hall–Kier alpha value is -3.32. The highest BCUT2D eigenvalue weighted by Crippen LogP contribution is 2.31. The first-order valence-corrected chi connectivity index (χ1v) is 11.2. The molecule has 0 saturated heterocycles. The molecule has 0 nitrogen and oxygen atoms in total. The monoisotopic (exact) mass is 450 g/mol. The van der Waals surface area contributed by atoms with Crippen LogP contribution in [0.3, 0.4) is 0 Å². The van der Waals surface area contributed by atoms with E-state index >= 15 is 0 Å². The molecule has 0 bridgehead atoms. The van der Waals surface area contributed by atoms with Crippen LogP contribution in [0.15, 0.2) is 121 Å². The zero-order valence-corrected chi connectivity index (χ0v) is 18.8. The minimum atomic E-state index is 0.747. The summed E-state index contributed by atoms with van der Waals surface area (Å²) in [5.41, 5.74) is 9.28. The van der Waals surface area contributed by atoms with Crippen molar-refractivity contribution in [2.24, 2.45) is 0 Å². The van der Waals surface area contributed by atoms with Gasteiger partial charge >= 0.3 is 0 Å². The molecular weight excluding hydrogens is 431 g/mol. The van der Waals surface area contributed by atoms with Crippen molar-refractivity contribution in [1.29, 1.82) is 0 Å². The average molecular weight is 451 g/mol. The van der Waals surface area contributed by atoms with Crippen LogP contribution in [0.2, 0.25) is 10.0 Å². The number of rotatable bonds is 4. The van der Waals surface area contributed by atoms with Gasteiger partial charge in [-0.3, -0.25) is 0 Å². The lowest BCUT2D eigenvalue weighted by atomic mass is 9.96. The Labute approximate surface area is 198 Å². The summed E-state index contributed by atoms with van der Waals surface area (Å²) < 4.78 is 0. The molecule has 0 aliphatic carbocycles. The van der Waals surface area contributed by atoms with Crippen molar-refractivity contribution in [3.05, 3.63) is 131 Å². The third-order valence-electron chi connectivity index (χ3n) is 5.59. The summed E-state index contributed by atoms with van der Waals surface area (Å²) >= 11 is 12.4. The number of hydrogen-bond donors (Lipinski definition) is 0. The summed E-state index contributed by atoms with van der Waals surface area (Å²) in [6, 6.07) is 41.8. The maximum atomic E-state index is 6.18. The van der Waals surface area contributed by atoms with Crippen LogP contribution in [0.25, 0.3) is 44.5 Å². The molecule has 0 aliphatic heterocycles. The molecule has 5 aromatic carbocycles. The van der Waals surface area contributed by atoms with Gasteiger partial charge in [-0.25, -0.2) is 0 Å². The summed E-state index contributed by atoms with van der Waals surface area (Å²) in [7, 11) is 0. The summed E-state index contributed by atoms with van der Waals surface area (Å²) in [6.07, 6.45) is 0. The van der Waals surface area contributed by atoms with Crippen LogP contribution in [0, 0.1) is 0 Å². The average Bonchev–Trinajstić information content (AvgIpc) is 2.84. The van der Waals surface area contributed by atoms with Gasteiger partial charge in [0, 0.05) is 10.0 Å². The number of benzene rings is 5. The van der Waals surface area contributed by atoms with Gasteiger partial charge in [0.1, 0.15) is 0 Å². The van der Waals surface area contributed by atoms with E-state index in [4.69, 9.17) is 23.2 Å². The summed E-state index contributed by atoms with van der Waals surface area (Å²) in [6.45, 7) is 0. The highest BCUT2D eigenvalue weighted by Gasteiger charge is 2.05. The first kappa shape index (κ1) is 20.6. The molecule has 0 spiro atoms. The van der Waals surface area contributed by atoms with Crippen molar-refractivity contribution < 1.29 is 0 Å². The van der Waals surface area contributed by atoms with E-state index in [1.54, 1.807) is 0 Å². The molecule has 0 atom stereocenters. The lowest BCUT2D eigenvalue weighted by molar-refractivity contribution is 1.56. The van der Waals surface area contributed by atoms with Gasteiger partial charge in [-0.05, 0) is 80.9 Å². The van der Waals surface area contributed by atoms with E-state index in [-0.39, 0.29) is 0 Å². The van der Waals surface area contributed by atoms with Crippen molar-refractivity contribution >= 4 is 23.2 Å². The summed E-state index contributed by atoms with van der Waals surface area (Å²) in [5.74, 6) is 0. The highest BCUT2D eigenvalue weighted by atomic mass is 35.5. The van der Waals surface area contributed by atoms with Crippen LogP contribution in [0.5, 0.6) is 0 Å². The second kappa shape index (κ2) is 9.04. The number of hydrogen-bond acceptors (Lipinski definition) is 0. The first-order chi connectivity index (χ1) is 15.7. The molecule has 0 unspecified atom stereocenters. The molecule has 32 heavy (non-hydrogen) atoms. The topological polar surface area (TPSA) is 0 Å². The largest absolute Gasteiger partial charge is 0.0843 e. The van der Waals surface area contributed by atoms with E-state index in [0.717, 1.165) is 32.3 Å². The van der Waals surface area contributed by atoms with Gasteiger partial charge in [0.25, 0.3) is 0 Å². The van der Waals surface area contributed by atoms with E-state index in [1.165, 1.54) is 22.3 Å². The molecular formula is C30H20Cl2.